The average molecular weight is 806 g/mol. The summed E-state index contributed by atoms with van der Waals surface area (Å²) in [6.45, 7) is 15.0. The molecule has 0 saturated heterocycles. The van der Waals surface area contributed by atoms with Gasteiger partial charge in [-0.15, -0.1) is 6.58 Å². The van der Waals surface area contributed by atoms with Crippen molar-refractivity contribution in [3.8, 4) is 0 Å². The minimum atomic E-state index is -6.49. The normalized spacial score (nSPS) is 14.2. The number of halogens is 21. The molecule has 1 nitrogen and oxygen atoms in total. The molecule has 2 unspecified atom stereocenters. The summed E-state index contributed by atoms with van der Waals surface area (Å²) in [4.78, 5) is 0. The Balaban J connectivity index is -0.000000136. The number of hydrogen-bond donors (Lipinski definition) is 0. The van der Waals surface area contributed by atoms with Gasteiger partial charge in [-0.1, -0.05) is 13.0 Å². The Kier molecular flexibility index (Phi) is 27.4. The monoisotopic (exact) mass is 804 g/mol. The van der Waals surface area contributed by atoms with Crippen molar-refractivity contribution in [2.24, 2.45) is 11.8 Å². The van der Waals surface area contributed by atoms with E-state index in [4.69, 9.17) is 4.74 Å². The van der Waals surface area contributed by atoms with Crippen molar-refractivity contribution in [1.82, 2.24) is 0 Å². The summed E-state index contributed by atoms with van der Waals surface area (Å²) in [5.41, 5.74) is -11.8. The van der Waals surface area contributed by atoms with Crippen molar-refractivity contribution in [1.29, 1.82) is 0 Å². The summed E-state index contributed by atoms with van der Waals surface area (Å²) in [7, 11) is 0. The predicted molar refractivity (Wildman–Crippen MR) is 124 cm³/mol. The van der Waals surface area contributed by atoms with Crippen LogP contribution in [0.15, 0.2) is 25.3 Å². The first kappa shape index (κ1) is 57.4. The van der Waals surface area contributed by atoms with E-state index in [0.717, 1.165) is 13.2 Å². The summed E-state index contributed by atoms with van der Waals surface area (Å²) in [6.07, 6.45) is -41.4. The van der Waals surface area contributed by atoms with E-state index in [0.29, 0.717) is 6.08 Å². The molecule has 0 aliphatic carbocycles. The molecule has 0 aromatic heterocycles. The molecule has 0 radical (unpaired) electrons. The molecule has 0 N–H and O–H groups in total. The number of allylic oxidation sites excluding steroid dienone is 2. The van der Waals surface area contributed by atoms with Crippen LogP contribution in [-0.4, -0.2) is 84.7 Å². The van der Waals surface area contributed by atoms with Gasteiger partial charge in [0.15, 0.2) is 0 Å². The zero-order valence-corrected chi connectivity index (χ0v) is 27.0. The van der Waals surface area contributed by atoms with Gasteiger partial charge in [0.25, 0.3) is 11.3 Å². The third kappa shape index (κ3) is 19.9. The quantitative estimate of drug-likeness (QED) is 0.105. The van der Waals surface area contributed by atoms with Crippen LogP contribution in [0.5, 0.6) is 0 Å². The van der Waals surface area contributed by atoms with Gasteiger partial charge in [-0.3, -0.25) is 0 Å². The topological polar surface area (TPSA) is 9.23 Å². The van der Waals surface area contributed by atoms with E-state index in [9.17, 15) is 87.8 Å². The zero-order valence-electron chi connectivity index (χ0n) is 24.0. The van der Waals surface area contributed by atoms with Gasteiger partial charge in [0.2, 0.25) is 0 Å². The molecule has 0 amide bonds. The fourth-order valence-corrected chi connectivity index (χ4v) is 2.40. The molecule has 276 valence electrons. The average Bonchev–Trinajstić information content (AvgIpc) is 2.76. The van der Waals surface area contributed by atoms with E-state index in [1.807, 2.05) is 13.8 Å². The molecule has 0 aliphatic rings. The van der Waals surface area contributed by atoms with Crippen molar-refractivity contribution in [2.45, 2.75) is 88.4 Å². The van der Waals surface area contributed by atoms with Crippen LogP contribution in [0.4, 0.5) is 87.8 Å². The maximum absolute atomic E-state index is 13.1. The molecule has 0 heterocycles. The van der Waals surface area contributed by atoms with Gasteiger partial charge in [-0.2, -0.15) is 79.0 Å². The van der Waals surface area contributed by atoms with E-state index in [-0.39, 0.29) is 47.0 Å². The molecule has 23 heteroatoms. The molecular weight excluding hydrogens is 776 g/mol. The summed E-state index contributed by atoms with van der Waals surface area (Å²) >= 11 is 0. The van der Waals surface area contributed by atoms with Gasteiger partial charge < -0.3 is 21.7 Å². The predicted octanol–water partition coefficient (Wildman–Crippen LogP) is 8.04. The van der Waals surface area contributed by atoms with E-state index in [1.54, 1.807) is 0 Å². The van der Waals surface area contributed by atoms with Crippen LogP contribution in [-0.2, 0) is 4.74 Å². The van der Waals surface area contributed by atoms with Gasteiger partial charge in [0.1, 0.15) is 0 Å². The molecule has 0 rings (SSSR count). The Morgan fingerprint density at radius 3 is 1.00 bits per heavy atom. The fourth-order valence-electron chi connectivity index (χ4n) is 2.40. The number of ether oxygens (including phenoxy) is 1. The Hall–Kier alpha value is -0.844. The number of hydrogen-bond acceptors (Lipinski definition) is 1. The van der Waals surface area contributed by atoms with Crippen LogP contribution in [0.1, 0.15) is 40.0 Å². The molecule has 0 bridgehead atoms. The maximum Gasteiger partial charge on any atom is 2.00 e. The summed E-state index contributed by atoms with van der Waals surface area (Å²) in [6, 6.07) is 0. The Bertz CT molecular complexity index is 766. The van der Waals surface area contributed by atoms with Crippen LogP contribution < -0.4 is 17.0 Å². The van der Waals surface area contributed by atoms with Gasteiger partial charge in [0, 0.05) is 26.1 Å². The van der Waals surface area contributed by atoms with Gasteiger partial charge in [-0.05, 0) is 20.3 Å². The SMILES string of the molecule is C=CCC(CC(F)(C(F)(F)F)C(F)(F)F)C(F)(F)F.C=C[CH2-].CC(CC(F)(C(F)(F)F)C(F)(F)F)C(F)(F)F.CCOCC.[Br-].[Mg+2]. The van der Waals surface area contributed by atoms with E-state index in [2.05, 4.69) is 20.1 Å². The molecule has 0 aromatic carbocycles. The first-order valence-electron chi connectivity index (χ1n) is 11.5. The van der Waals surface area contributed by atoms with Gasteiger partial charge in [0.05, 0.1) is 11.8 Å². The standard InChI is InChI=1S/C9H8F10.C7H6F10.C4H10O.C3H5.BrH.Mg/c1-2-3-5(7(11,12)13)4-6(10,8(14,15)16)9(17,18)19;1-3(5(9,10)11)2-4(8,6(12,13)14)7(15,16)17;1-3-5-4-2;1-3-2;;/h2,5H,1,3-4H2;3H,2H2,1H3;3-4H2,1-2H3;3H,1-2H2;1H;/q;;;-1;;+2/p-1. The first-order valence-corrected chi connectivity index (χ1v) is 11.5. The third-order valence-corrected chi connectivity index (χ3v) is 4.79. The Morgan fingerprint density at radius 2 is 0.848 bits per heavy atom. The molecule has 2 atom stereocenters. The first-order chi connectivity index (χ1) is 19.1. The summed E-state index contributed by atoms with van der Waals surface area (Å²) in [5, 5.41) is 0. The van der Waals surface area contributed by atoms with E-state index < -0.39 is 79.5 Å². The van der Waals surface area contributed by atoms with Crippen molar-refractivity contribution in [3.05, 3.63) is 32.2 Å². The Morgan fingerprint density at radius 1 is 0.587 bits per heavy atom. The third-order valence-electron chi connectivity index (χ3n) is 4.79. The van der Waals surface area contributed by atoms with E-state index in [1.165, 1.54) is 6.08 Å². The molecule has 0 spiro atoms. The van der Waals surface area contributed by atoms with Crippen molar-refractivity contribution in [2.75, 3.05) is 13.2 Å². The van der Waals surface area contributed by atoms with Crippen molar-refractivity contribution >= 4 is 23.1 Å². The fraction of sp³-hybridized carbons (Fsp3) is 0.783. The molecule has 0 aliphatic heterocycles. The molecular formula is C23H29BrF20MgO. The van der Waals surface area contributed by atoms with Crippen LogP contribution in [0, 0.1) is 18.8 Å². The van der Waals surface area contributed by atoms with Crippen LogP contribution in [0.3, 0.4) is 0 Å². The number of alkyl halides is 20. The van der Waals surface area contributed by atoms with E-state index >= 15 is 0 Å². The van der Waals surface area contributed by atoms with Gasteiger partial charge >= 0.3 is 60.1 Å². The second kappa shape index (κ2) is 22.0. The maximum atomic E-state index is 13.1. The Labute approximate surface area is 278 Å². The summed E-state index contributed by atoms with van der Waals surface area (Å²) in [5.74, 6) is -6.20. The second-order valence-electron chi connectivity index (χ2n) is 8.28. The largest absolute Gasteiger partial charge is 2.00 e. The van der Waals surface area contributed by atoms with Crippen molar-refractivity contribution in [3.63, 3.8) is 0 Å². The molecule has 0 aromatic rings. The van der Waals surface area contributed by atoms with Crippen molar-refractivity contribution < 1.29 is 110 Å². The van der Waals surface area contributed by atoms with Gasteiger partial charge in [-0.25, -0.2) is 28.4 Å². The molecule has 46 heavy (non-hydrogen) atoms. The second-order valence-corrected chi connectivity index (χ2v) is 8.28. The van der Waals surface area contributed by atoms with Crippen LogP contribution in [0.25, 0.3) is 0 Å². The van der Waals surface area contributed by atoms with Crippen LogP contribution >= 0.6 is 0 Å². The zero-order chi connectivity index (χ0) is 36.8. The minimum absolute atomic E-state index is 0. The number of rotatable bonds is 8. The smallest absolute Gasteiger partial charge is 1.00 e. The minimum Gasteiger partial charge on any atom is -1.00 e. The van der Waals surface area contributed by atoms with Crippen LogP contribution in [0.2, 0.25) is 0 Å². The molecule has 0 fully saturated rings. The molecule has 0 saturated carbocycles. The summed E-state index contributed by atoms with van der Waals surface area (Å²) < 4.78 is 247.